The van der Waals surface area contributed by atoms with Gasteiger partial charge in [0, 0.05) is 24.4 Å². The second-order valence-electron chi connectivity index (χ2n) is 13.4. The van der Waals surface area contributed by atoms with Crippen molar-refractivity contribution in [1.29, 1.82) is 0 Å². The Bertz CT molecular complexity index is 1640. The molecular formula is C32H41N5O8S2. The number of nitrogens with one attached hydrogen (secondary N) is 3. The average molecular weight is 688 g/mol. The molecule has 3 heterocycles. The summed E-state index contributed by atoms with van der Waals surface area (Å²) in [6, 6.07) is 7.26. The van der Waals surface area contributed by atoms with Crippen molar-refractivity contribution in [2.24, 2.45) is 17.3 Å². The quantitative estimate of drug-likeness (QED) is 0.284. The molecule has 5 atom stereocenters. The van der Waals surface area contributed by atoms with E-state index in [9.17, 15) is 27.6 Å². The summed E-state index contributed by atoms with van der Waals surface area (Å²) >= 11 is 1.55. The molecule has 0 radical (unpaired) electrons. The van der Waals surface area contributed by atoms with Crippen molar-refractivity contribution in [1.82, 2.24) is 25.2 Å². The summed E-state index contributed by atoms with van der Waals surface area (Å²) in [5.41, 5.74) is -1.51. The second kappa shape index (κ2) is 13.3. The molecule has 1 saturated heterocycles. The van der Waals surface area contributed by atoms with Crippen LogP contribution in [0.4, 0.5) is 4.79 Å². The summed E-state index contributed by atoms with van der Waals surface area (Å²) in [7, 11) is -2.67. The number of aromatic nitrogens is 1. The Kier molecular flexibility index (Phi) is 9.69. The first-order chi connectivity index (χ1) is 22.2. The first-order valence-corrected chi connectivity index (χ1v) is 17.9. The van der Waals surface area contributed by atoms with Crippen LogP contribution in [0.15, 0.2) is 48.4 Å². The van der Waals surface area contributed by atoms with E-state index in [4.69, 9.17) is 9.47 Å². The van der Waals surface area contributed by atoms with Crippen LogP contribution >= 0.6 is 11.3 Å². The molecule has 47 heavy (non-hydrogen) atoms. The summed E-state index contributed by atoms with van der Waals surface area (Å²) < 4.78 is 38.1. The molecule has 15 heteroatoms. The van der Waals surface area contributed by atoms with Crippen LogP contribution in [0.5, 0.6) is 5.88 Å². The van der Waals surface area contributed by atoms with Gasteiger partial charge in [-0.25, -0.2) is 18.2 Å². The fourth-order valence-corrected chi connectivity index (χ4v) is 7.87. The minimum absolute atomic E-state index is 0.122. The van der Waals surface area contributed by atoms with Gasteiger partial charge in [-0.1, -0.05) is 39.0 Å². The van der Waals surface area contributed by atoms with Crippen molar-refractivity contribution in [3.05, 3.63) is 48.4 Å². The number of carbonyl (C=O) groups excluding carboxylic acids is 4. The van der Waals surface area contributed by atoms with Crippen molar-refractivity contribution in [3.8, 4) is 16.5 Å². The van der Waals surface area contributed by atoms with Gasteiger partial charge in [-0.3, -0.25) is 19.1 Å². The van der Waals surface area contributed by atoms with Crippen LogP contribution in [0, 0.1) is 17.3 Å². The fraction of sp³-hybridized carbons (Fsp3) is 0.531. The lowest BCUT2D eigenvalue weighted by atomic mass is 9.85. The Morgan fingerprint density at radius 3 is 2.53 bits per heavy atom. The first kappa shape index (κ1) is 34.4. The Morgan fingerprint density at radius 2 is 1.94 bits per heavy atom. The van der Waals surface area contributed by atoms with Gasteiger partial charge >= 0.3 is 6.09 Å². The molecule has 5 rings (SSSR count). The van der Waals surface area contributed by atoms with Gasteiger partial charge in [0.25, 0.3) is 5.91 Å². The largest absolute Gasteiger partial charge is 0.477 e. The van der Waals surface area contributed by atoms with Crippen molar-refractivity contribution in [2.75, 3.05) is 20.3 Å². The molecule has 0 spiro atoms. The highest BCUT2D eigenvalue weighted by Crippen LogP contribution is 2.45. The number of hydrogen-bond donors (Lipinski definition) is 3. The Hall–Kier alpha value is -3.98. The molecule has 0 unspecified atom stereocenters. The molecule has 3 aliphatic rings. The van der Waals surface area contributed by atoms with Gasteiger partial charge < -0.3 is 25.0 Å². The van der Waals surface area contributed by atoms with Crippen LogP contribution in [-0.2, 0) is 29.1 Å². The third-order valence-electron chi connectivity index (χ3n) is 8.75. The molecule has 3 fully saturated rings. The number of amides is 4. The van der Waals surface area contributed by atoms with Crippen molar-refractivity contribution in [3.63, 3.8) is 0 Å². The minimum Gasteiger partial charge on any atom is -0.477 e. The zero-order valence-corrected chi connectivity index (χ0v) is 28.5. The molecule has 2 aromatic heterocycles. The number of pyridine rings is 1. The molecule has 2 aliphatic carbocycles. The van der Waals surface area contributed by atoms with Gasteiger partial charge in [-0.05, 0) is 48.6 Å². The molecule has 254 valence electrons. The Labute approximate surface area is 278 Å². The van der Waals surface area contributed by atoms with Crippen LogP contribution < -0.4 is 20.1 Å². The number of thiophene rings is 1. The van der Waals surface area contributed by atoms with Crippen LogP contribution in [0.3, 0.4) is 0 Å². The maximum absolute atomic E-state index is 14.1. The zero-order chi connectivity index (χ0) is 34.1. The van der Waals surface area contributed by atoms with E-state index in [1.165, 1.54) is 18.1 Å². The molecule has 2 saturated carbocycles. The summed E-state index contributed by atoms with van der Waals surface area (Å²) in [4.78, 5) is 60.6. The number of ether oxygens (including phenoxy) is 2. The van der Waals surface area contributed by atoms with E-state index in [0.717, 1.165) is 10.6 Å². The maximum Gasteiger partial charge on any atom is 0.407 e. The van der Waals surface area contributed by atoms with E-state index in [1.54, 1.807) is 38.2 Å². The molecule has 1 aliphatic heterocycles. The lowest BCUT2D eigenvalue weighted by molar-refractivity contribution is -0.142. The van der Waals surface area contributed by atoms with Crippen molar-refractivity contribution in [2.45, 2.75) is 69.3 Å². The molecule has 3 N–H and O–H groups in total. The van der Waals surface area contributed by atoms with Gasteiger partial charge in [0.1, 0.15) is 17.6 Å². The summed E-state index contributed by atoms with van der Waals surface area (Å²) in [5.74, 6) is -2.36. The number of sulfonamides is 1. The molecule has 4 amide bonds. The van der Waals surface area contributed by atoms with Crippen LogP contribution in [0.2, 0.25) is 0 Å². The van der Waals surface area contributed by atoms with E-state index in [2.05, 4.69) is 26.9 Å². The summed E-state index contributed by atoms with van der Waals surface area (Å²) in [6.45, 7) is 9.35. The van der Waals surface area contributed by atoms with E-state index in [-0.39, 0.29) is 31.9 Å². The zero-order valence-electron chi connectivity index (χ0n) is 26.9. The smallest absolute Gasteiger partial charge is 0.407 e. The van der Waals surface area contributed by atoms with E-state index in [1.807, 2.05) is 29.6 Å². The number of hydrogen-bond acceptors (Lipinski definition) is 10. The number of carbonyl (C=O) groups is 4. The topological polar surface area (TPSA) is 173 Å². The minimum atomic E-state index is -3.87. The predicted molar refractivity (Wildman–Crippen MR) is 175 cm³/mol. The number of likely N-dealkylation sites (tertiary alicyclic amines) is 1. The molecular weight excluding hydrogens is 647 g/mol. The fourth-order valence-electron chi connectivity index (χ4n) is 5.81. The summed E-state index contributed by atoms with van der Waals surface area (Å²) in [5, 5.41) is 6.72. The van der Waals surface area contributed by atoms with Gasteiger partial charge in [0.2, 0.25) is 27.7 Å². The normalized spacial score (nSPS) is 24.5. The molecule has 0 aromatic carbocycles. The van der Waals surface area contributed by atoms with Crippen LogP contribution in [0.1, 0.15) is 46.5 Å². The number of nitrogens with zero attached hydrogens (tertiary/aromatic N) is 2. The monoisotopic (exact) mass is 687 g/mol. The number of alkyl carbamates (subject to hydrolysis) is 1. The highest BCUT2D eigenvalue weighted by Gasteiger charge is 2.62. The van der Waals surface area contributed by atoms with Crippen LogP contribution in [0.25, 0.3) is 10.6 Å². The van der Waals surface area contributed by atoms with Gasteiger partial charge in [-0.15, -0.1) is 17.9 Å². The highest BCUT2D eigenvalue weighted by molar-refractivity contribution is 7.91. The third kappa shape index (κ3) is 7.61. The molecule has 0 bridgehead atoms. The van der Waals surface area contributed by atoms with Crippen molar-refractivity contribution >= 4 is 45.2 Å². The predicted octanol–water partition coefficient (Wildman–Crippen LogP) is 2.85. The maximum atomic E-state index is 14.1. The third-order valence-corrected chi connectivity index (χ3v) is 11.5. The van der Waals surface area contributed by atoms with E-state index in [0.29, 0.717) is 18.7 Å². The number of rotatable bonds is 12. The summed E-state index contributed by atoms with van der Waals surface area (Å²) in [6.07, 6.45) is 2.01. The SMILES string of the molecule is C=C[C@H]1C[C@]1(NC(=O)[C@@H]1C[C@@H](COc2cccc(-c3cccs3)n2)CN1C(=O)[C@@H](NC(=O)OC)C(C)(C)C)C(=O)NS(=O)(=O)C1CC1. The second-order valence-corrected chi connectivity index (χ2v) is 16.3. The lowest BCUT2D eigenvalue weighted by Gasteiger charge is -2.35. The van der Waals surface area contributed by atoms with Crippen LogP contribution in [-0.4, -0.2) is 85.3 Å². The van der Waals surface area contributed by atoms with Gasteiger partial charge in [-0.2, -0.15) is 0 Å². The van der Waals surface area contributed by atoms with E-state index >= 15 is 0 Å². The Morgan fingerprint density at radius 1 is 1.19 bits per heavy atom. The first-order valence-electron chi connectivity index (χ1n) is 15.5. The average Bonchev–Trinajstić information content (AvgIpc) is 3.89. The highest BCUT2D eigenvalue weighted by atomic mass is 32.2. The van der Waals surface area contributed by atoms with Gasteiger partial charge in [0.05, 0.1) is 29.5 Å². The molecule has 13 nitrogen and oxygen atoms in total. The molecule has 2 aromatic rings. The van der Waals surface area contributed by atoms with Crippen molar-refractivity contribution < 1.29 is 37.1 Å². The standard InChI is InChI=1S/C32H41N5O8S2/c1-6-20-16-32(20,29(40)36-47(42,43)21-12-13-21)35-27(38)23-15-19(17-37(23)28(39)26(31(2,3)4)34-30(41)44-5)18-45-25-11-7-9-22(33-25)24-10-8-14-46-24/h6-11,14,19-21,23,26H,1,12-13,15-18H2,2-5H3,(H,34,41)(H,35,38)(H,36,40)/t19-,20+,23+,26-,32-/m1/s1. The van der Waals surface area contributed by atoms with Gasteiger partial charge in [0.15, 0.2) is 0 Å². The number of methoxy groups -OCH3 is 1. The Balaban J connectivity index is 1.36. The lowest BCUT2D eigenvalue weighted by Crippen LogP contribution is -2.60. The van der Waals surface area contributed by atoms with E-state index < -0.39 is 68.0 Å².